The molecule has 21 heavy (non-hydrogen) atoms. The summed E-state index contributed by atoms with van der Waals surface area (Å²) < 4.78 is 1.59. The van der Waals surface area contributed by atoms with Crippen LogP contribution < -0.4 is 5.32 Å². The summed E-state index contributed by atoms with van der Waals surface area (Å²) in [4.78, 5) is 22.9. The number of aliphatic carboxylic acids is 1. The molecule has 0 aliphatic carbocycles. The Morgan fingerprint density at radius 2 is 2.05 bits per heavy atom. The van der Waals surface area contributed by atoms with Gasteiger partial charge in [-0.1, -0.05) is 20.3 Å². The van der Waals surface area contributed by atoms with Gasteiger partial charge in [0.2, 0.25) is 0 Å². The minimum Gasteiger partial charge on any atom is -0.481 e. The molecule has 6 nitrogen and oxygen atoms in total. The average molecular weight is 295 g/mol. The van der Waals surface area contributed by atoms with E-state index in [-0.39, 0.29) is 17.9 Å². The second kappa shape index (κ2) is 7.81. The van der Waals surface area contributed by atoms with Crippen molar-refractivity contribution in [2.45, 2.75) is 52.5 Å². The van der Waals surface area contributed by atoms with Gasteiger partial charge in [-0.2, -0.15) is 5.10 Å². The van der Waals surface area contributed by atoms with Crippen molar-refractivity contribution in [1.29, 1.82) is 0 Å². The van der Waals surface area contributed by atoms with Crippen LogP contribution in [0.4, 0.5) is 0 Å². The lowest BCUT2D eigenvalue weighted by Crippen LogP contribution is -2.33. The Balaban J connectivity index is 2.43. The first-order valence-corrected chi connectivity index (χ1v) is 7.41. The molecule has 2 unspecified atom stereocenters. The summed E-state index contributed by atoms with van der Waals surface area (Å²) in [5.41, 5.74) is 1.45. The van der Waals surface area contributed by atoms with E-state index in [1.165, 1.54) is 0 Å². The summed E-state index contributed by atoms with van der Waals surface area (Å²) in [5, 5.41) is 16.0. The number of carboxylic acids is 1. The Morgan fingerprint density at radius 1 is 1.38 bits per heavy atom. The predicted molar refractivity (Wildman–Crippen MR) is 80.2 cm³/mol. The first kappa shape index (κ1) is 17.2. The van der Waals surface area contributed by atoms with Crippen LogP contribution in [0.2, 0.25) is 0 Å². The molecule has 6 heteroatoms. The highest BCUT2D eigenvalue weighted by molar-refractivity contribution is 5.92. The van der Waals surface area contributed by atoms with Crippen LogP contribution in [-0.2, 0) is 18.3 Å². The van der Waals surface area contributed by atoms with E-state index in [0.717, 1.165) is 25.0 Å². The van der Waals surface area contributed by atoms with E-state index in [0.29, 0.717) is 12.1 Å². The summed E-state index contributed by atoms with van der Waals surface area (Å²) >= 11 is 0. The predicted octanol–water partition coefficient (Wildman–Crippen LogP) is 1.99. The van der Waals surface area contributed by atoms with Gasteiger partial charge in [-0.05, 0) is 32.3 Å². The molecule has 0 fully saturated rings. The van der Waals surface area contributed by atoms with Crippen molar-refractivity contribution in [2.75, 3.05) is 0 Å². The zero-order valence-electron chi connectivity index (χ0n) is 13.2. The highest BCUT2D eigenvalue weighted by Crippen LogP contribution is 2.10. The van der Waals surface area contributed by atoms with E-state index in [1.54, 1.807) is 24.7 Å². The molecule has 1 aromatic heterocycles. The molecule has 0 saturated heterocycles. The summed E-state index contributed by atoms with van der Waals surface area (Å²) in [6.07, 6.45) is 2.97. The number of carbonyl (C=O) groups excluding carboxylic acids is 1. The van der Waals surface area contributed by atoms with Crippen LogP contribution >= 0.6 is 0 Å². The SMILES string of the molecule is CCc1cc(C(=O)NC(C)CCCC(C)C(=O)O)n(C)n1. The molecular weight excluding hydrogens is 270 g/mol. The molecule has 1 rings (SSSR count). The maximum atomic E-state index is 12.1. The number of nitrogens with zero attached hydrogens (tertiary/aromatic N) is 2. The molecule has 2 atom stereocenters. The zero-order chi connectivity index (χ0) is 16.0. The quantitative estimate of drug-likeness (QED) is 0.768. The Morgan fingerprint density at radius 3 is 2.57 bits per heavy atom. The van der Waals surface area contributed by atoms with Gasteiger partial charge in [-0.3, -0.25) is 14.3 Å². The Kier molecular flexibility index (Phi) is 6.39. The lowest BCUT2D eigenvalue weighted by Gasteiger charge is -2.14. The standard InChI is InChI=1S/C15H25N3O3/c1-5-12-9-13(18(4)17-12)14(19)16-11(3)8-6-7-10(2)15(20)21/h9-11H,5-8H2,1-4H3,(H,16,19)(H,20,21). The van der Waals surface area contributed by atoms with Crippen molar-refractivity contribution >= 4 is 11.9 Å². The molecule has 1 aromatic rings. The maximum absolute atomic E-state index is 12.1. The zero-order valence-corrected chi connectivity index (χ0v) is 13.2. The van der Waals surface area contributed by atoms with E-state index in [1.807, 2.05) is 13.8 Å². The normalized spacial score (nSPS) is 13.7. The van der Waals surface area contributed by atoms with Crippen molar-refractivity contribution in [3.05, 3.63) is 17.5 Å². The fraction of sp³-hybridized carbons (Fsp3) is 0.667. The lowest BCUT2D eigenvalue weighted by atomic mass is 10.0. The van der Waals surface area contributed by atoms with E-state index < -0.39 is 5.97 Å². The average Bonchev–Trinajstić information content (AvgIpc) is 2.79. The summed E-state index contributed by atoms with van der Waals surface area (Å²) in [6, 6.07) is 1.81. The number of carbonyl (C=O) groups is 2. The van der Waals surface area contributed by atoms with Crippen molar-refractivity contribution in [3.8, 4) is 0 Å². The number of hydrogen-bond acceptors (Lipinski definition) is 3. The van der Waals surface area contributed by atoms with Gasteiger partial charge >= 0.3 is 5.97 Å². The van der Waals surface area contributed by atoms with Crippen LogP contribution in [0.5, 0.6) is 0 Å². The van der Waals surface area contributed by atoms with E-state index in [9.17, 15) is 9.59 Å². The van der Waals surface area contributed by atoms with Crippen LogP contribution in [0.3, 0.4) is 0 Å². The van der Waals surface area contributed by atoms with Gasteiger partial charge in [-0.25, -0.2) is 0 Å². The Hall–Kier alpha value is -1.85. The molecule has 0 saturated carbocycles. The number of carboxylic acid groups (broad SMARTS) is 1. The largest absolute Gasteiger partial charge is 0.481 e. The molecule has 0 aromatic carbocycles. The van der Waals surface area contributed by atoms with Crippen LogP contribution in [0.15, 0.2) is 6.07 Å². The Bertz CT molecular complexity index is 496. The van der Waals surface area contributed by atoms with Gasteiger partial charge in [0.1, 0.15) is 5.69 Å². The first-order chi connectivity index (χ1) is 9.85. The van der Waals surface area contributed by atoms with Crippen LogP contribution in [0.25, 0.3) is 0 Å². The van der Waals surface area contributed by atoms with Crippen molar-refractivity contribution in [2.24, 2.45) is 13.0 Å². The van der Waals surface area contributed by atoms with E-state index in [4.69, 9.17) is 5.11 Å². The fourth-order valence-corrected chi connectivity index (χ4v) is 2.14. The van der Waals surface area contributed by atoms with Gasteiger partial charge in [0.15, 0.2) is 0 Å². The number of nitrogens with one attached hydrogen (secondary N) is 1. The van der Waals surface area contributed by atoms with Gasteiger partial charge in [0, 0.05) is 13.1 Å². The number of aromatic nitrogens is 2. The minimum absolute atomic E-state index is 0.0125. The number of rotatable bonds is 8. The van der Waals surface area contributed by atoms with Crippen LogP contribution in [0, 0.1) is 5.92 Å². The van der Waals surface area contributed by atoms with Gasteiger partial charge in [0.05, 0.1) is 11.6 Å². The molecule has 0 aliphatic heterocycles. The van der Waals surface area contributed by atoms with Gasteiger partial charge in [0.25, 0.3) is 5.91 Å². The highest BCUT2D eigenvalue weighted by atomic mass is 16.4. The monoisotopic (exact) mass is 295 g/mol. The number of hydrogen-bond donors (Lipinski definition) is 2. The summed E-state index contributed by atoms with van der Waals surface area (Å²) in [5.74, 6) is -1.24. The van der Waals surface area contributed by atoms with Crippen LogP contribution in [-0.4, -0.2) is 32.8 Å². The van der Waals surface area contributed by atoms with Crippen LogP contribution in [0.1, 0.15) is 56.2 Å². The van der Waals surface area contributed by atoms with Gasteiger partial charge < -0.3 is 10.4 Å². The molecule has 118 valence electrons. The molecule has 2 N–H and O–H groups in total. The third kappa shape index (κ3) is 5.21. The maximum Gasteiger partial charge on any atom is 0.306 e. The Labute approximate surface area is 125 Å². The van der Waals surface area contributed by atoms with E-state index >= 15 is 0 Å². The van der Waals surface area contributed by atoms with Crippen molar-refractivity contribution < 1.29 is 14.7 Å². The highest BCUT2D eigenvalue weighted by Gasteiger charge is 2.16. The third-order valence-electron chi connectivity index (χ3n) is 3.60. The summed E-state index contributed by atoms with van der Waals surface area (Å²) in [6.45, 7) is 5.63. The topological polar surface area (TPSA) is 84.2 Å². The minimum atomic E-state index is -0.770. The molecule has 0 spiro atoms. The fourth-order valence-electron chi connectivity index (χ4n) is 2.14. The smallest absolute Gasteiger partial charge is 0.306 e. The molecular formula is C15H25N3O3. The van der Waals surface area contributed by atoms with Crippen molar-refractivity contribution in [3.63, 3.8) is 0 Å². The van der Waals surface area contributed by atoms with E-state index in [2.05, 4.69) is 10.4 Å². The second-order valence-electron chi connectivity index (χ2n) is 5.54. The second-order valence-corrected chi connectivity index (χ2v) is 5.54. The molecule has 1 amide bonds. The number of aryl methyl sites for hydroxylation is 2. The summed E-state index contributed by atoms with van der Waals surface area (Å²) in [7, 11) is 1.76. The van der Waals surface area contributed by atoms with Crippen molar-refractivity contribution in [1.82, 2.24) is 15.1 Å². The number of amides is 1. The van der Waals surface area contributed by atoms with Gasteiger partial charge in [-0.15, -0.1) is 0 Å². The molecule has 0 radical (unpaired) electrons. The molecule has 1 heterocycles. The molecule has 0 bridgehead atoms. The molecule has 0 aliphatic rings. The third-order valence-corrected chi connectivity index (χ3v) is 3.60. The lowest BCUT2D eigenvalue weighted by molar-refractivity contribution is -0.141. The first-order valence-electron chi connectivity index (χ1n) is 7.41.